The van der Waals surface area contributed by atoms with Crippen LogP contribution in [0, 0.1) is 13.8 Å². The van der Waals surface area contributed by atoms with Crippen LogP contribution in [-0.4, -0.2) is 25.8 Å². The Kier molecular flexibility index (Phi) is 5.95. The SMILES string of the molecule is Cc1cc(Cn2ccn(-c3ccc(C(F)(F)F)cc3)c2=O)cc(C)c1OC(C)(C)C(=O)O. The number of ether oxygens (including phenoxy) is 1. The van der Waals surface area contributed by atoms with Crippen molar-refractivity contribution in [3.8, 4) is 11.4 Å². The van der Waals surface area contributed by atoms with Crippen molar-refractivity contribution < 1.29 is 27.8 Å². The van der Waals surface area contributed by atoms with Crippen LogP contribution in [0.15, 0.2) is 53.6 Å². The van der Waals surface area contributed by atoms with Gasteiger partial charge in [-0.1, -0.05) is 12.1 Å². The van der Waals surface area contributed by atoms with Gasteiger partial charge in [0, 0.05) is 12.4 Å². The maximum Gasteiger partial charge on any atom is 0.416 e. The normalized spacial score (nSPS) is 12.1. The van der Waals surface area contributed by atoms with Gasteiger partial charge in [-0.05, 0) is 68.7 Å². The average Bonchev–Trinajstić information content (AvgIpc) is 3.04. The van der Waals surface area contributed by atoms with E-state index in [4.69, 9.17) is 4.74 Å². The summed E-state index contributed by atoms with van der Waals surface area (Å²) in [7, 11) is 0. The number of carboxylic acids is 1. The standard InChI is InChI=1S/C23H23F3N2O4/c1-14-11-16(12-15(2)19(14)32-22(3,4)20(29)30)13-27-9-10-28(21(27)31)18-7-5-17(6-8-18)23(24,25)26/h5-12H,13H2,1-4H3,(H,29,30). The molecule has 0 aliphatic rings. The highest BCUT2D eigenvalue weighted by atomic mass is 19.4. The highest BCUT2D eigenvalue weighted by Crippen LogP contribution is 2.30. The smallest absolute Gasteiger partial charge is 0.416 e. The first-order chi connectivity index (χ1) is 14.8. The van der Waals surface area contributed by atoms with E-state index in [-0.39, 0.29) is 6.54 Å². The quantitative estimate of drug-likeness (QED) is 0.600. The zero-order valence-corrected chi connectivity index (χ0v) is 18.0. The molecule has 0 spiro atoms. The van der Waals surface area contributed by atoms with Gasteiger partial charge in [0.25, 0.3) is 0 Å². The molecule has 32 heavy (non-hydrogen) atoms. The first-order valence-corrected chi connectivity index (χ1v) is 9.77. The van der Waals surface area contributed by atoms with Gasteiger partial charge in [0.1, 0.15) is 5.75 Å². The van der Waals surface area contributed by atoms with Crippen LogP contribution in [0.1, 0.15) is 36.1 Å². The predicted octanol–water partition coefficient (Wildman–Crippen LogP) is 4.56. The maximum atomic E-state index is 12.8. The number of aryl methyl sites for hydroxylation is 2. The Balaban J connectivity index is 1.85. The lowest BCUT2D eigenvalue weighted by molar-refractivity contribution is -0.152. The molecule has 0 bridgehead atoms. The number of rotatable bonds is 6. The lowest BCUT2D eigenvalue weighted by Crippen LogP contribution is -2.38. The van der Waals surface area contributed by atoms with Crippen LogP contribution >= 0.6 is 0 Å². The first kappa shape index (κ1) is 23.2. The minimum atomic E-state index is -4.44. The van der Waals surface area contributed by atoms with Crippen LogP contribution in [0.5, 0.6) is 5.75 Å². The van der Waals surface area contributed by atoms with Gasteiger partial charge in [-0.15, -0.1) is 0 Å². The number of hydrogen-bond donors (Lipinski definition) is 1. The molecule has 9 heteroatoms. The van der Waals surface area contributed by atoms with Crippen LogP contribution in [-0.2, 0) is 17.5 Å². The fraction of sp³-hybridized carbons (Fsp3) is 0.304. The number of halogens is 3. The summed E-state index contributed by atoms with van der Waals surface area (Å²) in [5, 5.41) is 9.29. The van der Waals surface area contributed by atoms with Crippen molar-refractivity contribution in [2.75, 3.05) is 0 Å². The molecule has 0 saturated carbocycles. The molecule has 1 aromatic heterocycles. The topological polar surface area (TPSA) is 73.5 Å². The second kappa shape index (κ2) is 8.22. The van der Waals surface area contributed by atoms with Crippen LogP contribution < -0.4 is 10.4 Å². The van der Waals surface area contributed by atoms with E-state index >= 15 is 0 Å². The van der Waals surface area contributed by atoms with E-state index < -0.39 is 29.0 Å². The molecule has 0 radical (unpaired) electrons. The monoisotopic (exact) mass is 448 g/mol. The minimum absolute atomic E-state index is 0.233. The number of hydrogen-bond acceptors (Lipinski definition) is 3. The third kappa shape index (κ3) is 4.71. The van der Waals surface area contributed by atoms with E-state index in [1.165, 1.54) is 41.3 Å². The Morgan fingerprint density at radius 2 is 1.59 bits per heavy atom. The molecular weight excluding hydrogens is 425 g/mol. The lowest BCUT2D eigenvalue weighted by Gasteiger charge is -2.24. The highest BCUT2D eigenvalue weighted by molar-refractivity contribution is 5.77. The van der Waals surface area contributed by atoms with E-state index in [2.05, 4.69) is 0 Å². The molecule has 3 rings (SSSR count). The van der Waals surface area contributed by atoms with Crippen molar-refractivity contribution in [1.29, 1.82) is 0 Å². The molecule has 0 amide bonds. The molecule has 0 aliphatic heterocycles. The van der Waals surface area contributed by atoms with Gasteiger partial charge in [-0.25, -0.2) is 9.59 Å². The minimum Gasteiger partial charge on any atom is -0.478 e. The summed E-state index contributed by atoms with van der Waals surface area (Å²) in [6, 6.07) is 7.98. The van der Waals surface area contributed by atoms with Gasteiger partial charge in [0.05, 0.1) is 17.8 Å². The van der Waals surface area contributed by atoms with Crippen molar-refractivity contribution in [3.05, 3.63) is 81.5 Å². The molecule has 0 saturated heterocycles. The fourth-order valence-electron chi connectivity index (χ4n) is 3.33. The summed E-state index contributed by atoms with van der Waals surface area (Å²) < 4.78 is 46.7. The zero-order valence-electron chi connectivity index (χ0n) is 18.0. The Morgan fingerprint density at radius 1 is 1.03 bits per heavy atom. The number of benzene rings is 2. The van der Waals surface area contributed by atoms with Gasteiger partial charge < -0.3 is 9.84 Å². The van der Waals surface area contributed by atoms with Gasteiger partial charge >= 0.3 is 17.8 Å². The van der Waals surface area contributed by atoms with Crippen LogP contribution in [0.25, 0.3) is 5.69 Å². The first-order valence-electron chi connectivity index (χ1n) is 9.77. The summed E-state index contributed by atoms with van der Waals surface area (Å²) in [4.78, 5) is 24.1. The van der Waals surface area contributed by atoms with Gasteiger partial charge in [0.2, 0.25) is 0 Å². The number of imidazole rings is 1. The maximum absolute atomic E-state index is 12.8. The Morgan fingerprint density at radius 3 is 2.09 bits per heavy atom. The molecule has 0 atom stereocenters. The molecule has 170 valence electrons. The average molecular weight is 448 g/mol. The van der Waals surface area contributed by atoms with Gasteiger partial charge in [0.15, 0.2) is 5.60 Å². The lowest BCUT2D eigenvalue weighted by atomic mass is 10.0. The Labute approximate surface area is 182 Å². The molecule has 0 unspecified atom stereocenters. The second-order valence-electron chi connectivity index (χ2n) is 8.10. The number of aromatic nitrogens is 2. The van der Waals surface area contributed by atoms with E-state index in [1.807, 2.05) is 12.1 Å². The van der Waals surface area contributed by atoms with Gasteiger partial charge in [-0.3, -0.25) is 9.13 Å². The number of aliphatic carboxylic acids is 1. The molecule has 0 aliphatic carbocycles. The number of nitrogens with zero attached hydrogens (tertiary/aromatic N) is 2. The van der Waals surface area contributed by atoms with Crippen molar-refractivity contribution >= 4 is 5.97 Å². The number of alkyl halides is 3. The molecule has 1 heterocycles. The van der Waals surface area contributed by atoms with Crippen LogP contribution in [0.4, 0.5) is 13.2 Å². The van der Waals surface area contributed by atoms with E-state index in [0.717, 1.165) is 28.8 Å². The largest absolute Gasteiger partial charge is 0.478 e. The highest BCUT2D eigenvalue weighted by Gasteiger charge is 2.31. The van der Waals surface area contributed by atoms with E-state index in [1.54, 1.807) is 20.0 Å². The molecule has 0 fully saturated rings. The van der Waals surface area contributed by atoms with Crippen LogP contribution in [0.2, 0.25) is 0 Å². The third-order valence-corrected chi connectivity index (χ3v) is 5.07. The fourth-order valence-corrected chi connectivity index (χ4v) is 3.33. The van der Waals surface area contributed by atoms with Crippen molar-refractivity contribution in [2.45, 2.75) is 46.0 Å². The van der Waals surface area contributed by atoms with E-state index in [0.29, 0.717) is 11.4 Å². The van der Waals surface area contributed by atoms with Crippen LogP contribution in [0.3, 0.4) is 0 Å². The molecule has 2 aromatic carbocycles. The third-order valence-electron chi connectivity index (χ3n) is 5.07. The van der Waals surface area contributed by atoms with Crippen molar-refractivity contribution in [3.63, 3.8) is 0 Å². The summed E-state index contributed by atoms with van der Waals surface area (Å²) in [6.45, 7) is 6.74. The molecular formula is C23H23F3N2O4. The summed E-state index contributed by atoms with van der Waals surface area (Å²) in [6.07, 6.45) is -1.39. The van der Waals surface area contributed by atoms with Crippen molar-refractivity contribution in [2.24, 2.45) is 0 Å². The summed E-state index contributed by atoms with van der Waals surface area (Å²) in [5.41, 5.74) is 0.00317. The summed E-state index contributed by atoms with van der Waals surface area (Å²) in [5.74, 6) is -0.618. The zero-order chi connectivity index (χ0) is 23.8. The molecule has 3 aromatic rings. The second-order valence-corrected chi connectivity index (χ2v) is 8.10. The Hall–Kier alpha value is -3.49. The summed E-state index contributed by atoms with van der Waals surface area (Å²) >= 11 is 0. The van der Waals surface area contributed by atoms with Crippen molar-refractivity contribution in [1.82, 2.24) is 9.13 Å². The Bertz CT molecular complexity index is 1180. The number of carbonyl (C=O) groups is 1. The molecule has 1 N–H and O–H groups in total. The van der Waals surface area contributed by atoms with E-state index in [9.17, 15) is 27.9 Å². The molecule has 6 nitrogen and oxygen atoms in total. The predicted molar refractivity (Wildman–Crippen MR) is 112 cm³/mol. The number of carboxylic acid groups (broad SMARTS) is 1. The van der Waals surface area contributed by atoms with Gasteiger partial charge in [-0.2, -0.15) is 13.2 Å².